The van der Waals surface area contributed by atoms with Gasteiger partial charge < -0.3 is 25.4 Å². The van der Waals surface area contributed by atoms with E-state index in [0.717, 1.165) is 52.2 Å². The zero-order valence-electron chi connectivity index (χ0n) is 20.8. The molecular weight excluding hydrogens is 502 g/mol. The molecule has 0 aliphatic heterocycles. The number of anilines is 1. The number of aliphatic hydroxyl groups excluding tert-OH is 1. The molecule has 5 aromatic rings. The molecule has 0 spiro atoms. The van der Waals surface area contributed by atoms with Gasteiger partial charge in [0.05, 0.1) is 18.3 Å². The van der Waals surface area contributed by atoms with Gasteiger partial charge in [-0.05, 0) is 53.4 Å². The van der Waals surface area contributed by atoms with E-state index in [1.165, 1.54) is 0 Å². The van der Waals surface area contributed by atoms with Gasteiger partial charge in [0.2, 0.25) is 0 Å². The zero-order valence-corrected chi connectivity index (χ0v) is 21.6. The summed E-state index contributed by atoms with van der Waals surface area (Å²) >= 11 is 1.14. The van der Waals surface area contributed by atoms with Gasteiger partial charge in [-0.2, -0.15) is 8.75 Å². The Labute approximate surface area is 223 Å². The number of hydrogen-bond donors (Lipinski definition) is 4. The third-order valence-electron chi connectivity index (χ3n) is 6.42. The normalized spacial score (nSPS) is 11.2. The topological polar surface area (TPSA) is 129 Å². The van der Waals surface area contributed by atoms with Crippen molar-refractivity contribution >= 4 is 51.4 Å². The van der Waals surface area contributed by atoms with Crippen LogP contribution in [-0.4, -0.2) is 42.1 Å². The molecule has 0 atom stereocenters. The van der Waals surface area contributed by atoms with Crippen LogP contribution in [0.1, 0.15) is 41.4 Å². The van der Waals surface area contributed by atoms with Crippen molar-refractivity contribution in [1.82, 2.24) is 18.6 Å². The van der Waals surface area contributed by atoms with Crippen molar-refractivity contribution in [3.8, 4) is 11.1 Å². The first-order chi connectivity index (χ1) is 18.5. The minimum absolute atomic E-state index is 0.108. The highest BCUT2D eigenvalue weighted by Gasteiger charge is 2.24. The first kappa shape index (κ1) is 25.4. The summed E-state index contributed by atoms with van der Waals surface area (Å²) in [6, 6.07) is 18.0. The van der Waals surface area contributed by atoms with Crippen molar-refractivity contribution in [3.05, 3.63) is 77.5 Å². The van der Waals surface area contributed by atoms with E-state index < -0.39 is 5.97 Å². The van der Waals surface area contributed by atoms with E-state index in [-0.39, 0.29) is 18.3 Å². The standard InChI is InChI=1S/C28H27N5O4S/c1-2-3-12-29-28(37)30-20-9-11-24-21(14-20)25(19-7-4-17(16-34)5-8-19)26(27(35)36)33(24)15-18-6-10-22-23(13-18)32-38-31-22/h4-11,13-14,34H,2-3,12,15-16H2,1H3,(H,35,36)(H2,29,30,37). The number of nitrogens with one attached hydrogen (secondary N) is 2. The molecule has 194 valence electrons. The monoisotopic (exact) mass is 529 g/mol. The van der Waals surface area contributed by atoms with E-state index in [4.69, 9.17) is 0 Å². The molecule has 2 aromatic heterocycles. The lowest BCUT2D eigenvalue weighted by molar-refractivity contribution is 0.0687. The van der Waals surface area contributed by atoms with Crippen molar-refractivity contribution in [3.63, 3.8) is 0 Å². The number of carbonyl (C=O) groups excluding carboxylic acids is 1. The number of rotatable bonds is 9. The Bertz CT molecular complexity index is 1620. The van der Waals surface area contributed by atoms with Gasteiger partial charge in [-0.1, -0.05) is 43.7 Å². The van der Waals surface area contributed by atoms with Crippen LogP contribution in [0, 0.1) is 0 Å². The van der Waals surface area contributed by atoms with E-state index in [1.807, 2.05) is 36.4 Å². The fourth-order valence-corrected chi connectivity index (χ4v) is 5.07. The third-order valence-corrected chi connectivity index (χ3v) is 6.98. The molecule has 0 fully saturated rings. The quantitative estimate of drug-likeness (QED) is 0.187. The fraction of sp³-hybridized carbons (Fsp3) is 0.214. The summed E-state index contributed by atoms with van der Waals surface area (Å²) in [5.41, 5.74) is 5.84. The second-order valence-electron chi connectivity index (χ2n) is 9.02. The van der Waals surface area contributed by atoms with Crippen LogP contribution in [0.2, 0.25) is 0 Å². The number of carbonyl (C=O) groups is 2. The lowest BCUT2D eigenvalue weighted by Gasteiger charge is -2.10. The largest absolute Gasteiger partial charge is 0.477 e. The second-order valence-corrected chi connectivity index (χ2v) is 9.55. The lowest BCUT2D eigenvalue weighted by Crippen LogP contribution is -2.29. The molecule has 4 N–H and O–H groups in total. The van der Waals surface area contributed by atoms with Gasteiger partial charge in [0.1, 0.15) is 16.7 Å². The molecular formula is C28H27N5O4S. The van der Waals surface area contributed by atoms with Crippen molar-refractivity contribution in [2.24, 2.45) is 0 Å². The van der Waals surface area contributed by atoms with Crippen LogP contribution >= 0.6 is 11.7 Å². The number of urea groups is 1. The maximum Gasteiger partial charge on any atom is 0.353 e. The third kappa shape index (κ3) is 5.09. The van der Waals surface area contributed by atoms with Gasteiger partial charge in [0.25, 0.3) is 0 Å². The second kappa shape index (κ2) is 11.0. The number of carboxylic acid groups (broad SMARTS) is 1. The van der Waals surface area contributed by atoms with Gasteiger partial charge in [-0.25, -0.2) is 9.59 Å². The van der Waals surface area contributed by atoms with Crippen LogP contribution in [0.5, 0.6) is 0 Å². The van der Waals surface area contributed by atoms with Crippen molar-refractivity contribution in [2.45, 2.75) is 32.9 Å². The number of aliphatic hydroxyl groups is 1. The predicted molar refractivity (Wildman–Crippen MR) is 149 cm³/mol. The fourth-order valence-electron chi connectivity index (χ4n) is 4.55. The molecule has 0 aliphatic rings. The van der Waals surface area contributed by atoms with Crippen LogP contribution in [0.25, 0.3) is 33.1 Å². The Kier molecular flexibility index (Phi) is 7.34. The van der Waals surface area contributed by atoms with Crippen LogP contribution in [0.15, 0.2) is 60.7 Å². The number of aromatic nitrogens is 3. The van der Waals surface area contributed by atoms with Gasteiger partial charge in [0, 0.05) is 35.2 Å². The summed E-state index contributed by atoms with van der Waals surface area (Å²) in [5, 5.41) is 26.3. The molecule has 0 saturated carbocycles. The van der Waals surface area contributed by atoms with E-state index in [0.29, 0.717) is 35.3 Å². The minimum Gasteiger partial charge on any atom is -0.477 e. The molecule has 0 saturated heterocycles. The van der Waals surface area contributed by atoms with Crippen LogP contribution in [0.4, 0.5) is 10.5 Å². The van der Waals surface area contributed by atoms with Gasteiger partial charge in [0.15, 0.2) is 0 Å². The number of fused-ring (bicyclic) bond motifs is 2. The number of carboxylic acids is 1. The minimum atomic E-state index is -1.06. The predicted octanol–water partition coefficient (Wildman–Crippen LogP) is 5.47. The molecule has 0 unspecified atom stereocenters. The molecule has 9 nitrogen and oxygen atoms in total. The van der Waals surface area contributed by atoms with E-state index in [9.17, 15) is 19.8 Å². The van der Waals surface area contributed by atoms with Crippen molar-refractivity contribution < 1.29 is 19.8 Å². The smallest absolute Gasteiger partial charge is 0.353 e. The number of unbranched alkanes of at least 4 members (excludes halogenated alkanes) is 1. The van der Waals surface area contributed by atoms with Crippen LogP contribution in [0.3, 0.4) is 0 Å². The summed E-state index contributed by atoms with van der Waals surface area (Å²) in [4.78, 5) is 25.1. The molecule has 2 amide bonds. The molecule has 0 aliphatic carbocycles. The van der Waals surface area contributed by atoms with Crippen LogP contribution in [-0.2, 0) is 13.2 Å². The summed E-state index contributed by atoms with van der Waals surface area (Å²) in [6.07, 6.45) is 1.86. The summed E-state index contributed by atoms with van der Waals surface area (Å²) in [6.45, 7) is 2.83. The van der Waals surface area contributed by atoms with E-state index in [2.05, 4.69) is 26.3 Å². The molecule has 5 rings (SSSR count). The average Bonchev–Trinajstić information content (AvgIpc) is 3.51. The maximum absolute atomic E-state index is 12.7. The number of nitrogens with zero attached hydrogens (tertiary/aromatic N) is 3. The highest BCUT2D eigenvalue weighted by Crippen LogP contribution is 2.37. The highest BCUT2D eigenvalue weighted by molar-refractivity contribution is 7.00. The summed E-state index contributed by atoms with van der Waals surface area (Å²) in [7, 11) is 0. The highest BCUT2D eigenvalue weighted by atomic mass is 32.1. The number of amides is 2. The molecule has 2 heterocycles. The first-order valence-corrected chi connectivity index (χ1v) is 13.1. The lowest BCUT2D eigenvalue weighted by atomic mass is 10.00. The number of hydrogen-bond acceptors (Lipinski definition) is 6. The Morgan fingerprint density at radius 3 is 2.47 bits per heavy atom. The molecule has 0 radical (unpaired) electrons. The molecule has 10 heteroatoms. The van der Waals surface area contributed by atoms with E-state index >= 15 is 0 Å². The molecule has 38 heavy (non-hydrogen) atoms. The average molecular weight is 530 g/mol. The van der Waals surface area contributed by atoms with Crippen molar-refractivity contribution in [1.29, 1.82) is 0 Å². The Morgan fingerprint density at radius 2 is 1.74 bits per heavy atom. The molecule has 3 aromatic carbocycles. The Balaban J connectivity index is 1.64. The number of benzene rings is 3. The molecule has 0 bridgehead atoms. The van der Waals surface area contributed by atoms with Crippen LogP contribution < -0.4 is 10.6 Å². The number of aromatic carboxylic acids is 1. The SMILES string of the molecule is CCCCNC(=O)Nc1ccc2c(c1)c(-c1ccc(CO)cc1)c(C(=O)O)n2Cc1ccc2nsnc2c1. The summed E-state index contributed by atoms with van der Waals surface area (Å²) in [5.74, 6) is -1.06. The summed E-state index contributed by atoms with van der Waals surface area (Å²) < 4.78 is 10.3. The van der Waals surface area contributed by atoms with E-state index in [1.54, 1.807) is 28.8 Å². The Morgan fingerprint density at radius 1 is 0.974 bits per heavy atom. The van der Waals surface area contributed by atoms with Gasteiger partial charge >= 0.3 is 12.0 Å². The Hall–Kier alpha value is -4.28. The van der Waals surface area contributed by atoms with Gasteiger partial charge in [-0.3, -0.25) is 0 Å². The zero-order chi connectivity index (χ0) is 26.6. The maximum atomic E-state index is 12.7. The van der Waals surface area contributed by atoms with Gasteiger partial charge in [-0.15, -0.1) is 0 Å². The van der Waals surface area contributed by atoms with Crippen molar-refractivity contribution in [2.75, 3.05) is 11.9 Å². The first-order valence-electron chi connectivity index (χ1n) is 12.3.